The fraction of sp³-hybridized carbons (Fsp3) is 0.300. The maximum absolute atomic E-state index is 12.9. The number of pyridine rings is 1. The van der Waals surface area contributed by atoms with Gasteiger partial charge in [-0.1, -0.05) is 12.1 Å². The number of hydrogen-bond acceptors (Lipinski definition) is 4. The van der Waals surface area contributed by atoms with Gasteiger partial charge in [-0.25, -0.2) is 9.37 Å². The van der Waals surface area contributed by atoms with Gasteiger partial charge in [0.25, 0.3) is 0 Å². The van der Waals surface area contributed by atoms with Crippen molar-refractivity contribution >= 4 is 33.1 Å². The average molecular weight is 369 g/mol. The number of piperidine rings is 1. The van der Waals surface area contributed by atoms with Crippen LogP contribution >= 0.6 is 11.3 Å². The van der Waals surface area contributed by atoms with Gasteiger partial charge in [0.2, 0.25) is 5.91 Å². The van der Waals surface area contributed by atoms with Gasteiger partial charge in [-0.15, -0.1) is 11.3 Å². The molecule has 1 amide bonds. The molecule has 0 radical (unpaired) electrons. The topological polar surface area (TPSA) is 45.2 Å². The Morgan fingerprint density at radius 3 is 2.73 bits per heavy atom. The van der Waals surface area contributed by atoms with Crippen LogP contribution in [-0.4, -0.2) is 24.0 Å². The molecule has 26 heavy (non-hydrogen) atoms. The van der Waals surface area contributed by atoms with E-state index in [9.17, 15) is 9.18 Å². The van der Waals surface area contributed by atoms with Crippen LogP contribution in [0.15, 0.2) is 48.0 Å². The highest BCUT2D eigenvalue weighted by Crippen LogP contribution is 2.31. The zero-order valence-electron chi connectivity index (χ0n) is 14.3. The van der Waals surface area contributed by atoms with E-state index in [-0.39, 0.29) is 17.6 Å². The molecule has 0 atom stereocenters. The van der Waals surface area contributed by atoms with E-state index < -0.39 is 0 Å². The number of thiophene rings is 1. The Balaban J connectivity index is 1.33. The second-order valence-corrected chi connectivity index (χ2v) is 7.52. The van der Waals surface area contributed by atoms with E-state index in [1.165, 1.54) is 22.2 Å². The predicted octanol–water partition coefficient (Wildman–Crippen LogP) is 3.97. The van der Waals surface area contributed by atoms with Crippen molar-refractivity contribution in [3.05, 3.63) is 59.4 Å². The monoisotopic (exact) mass is 369 g/mol. The van der Waals surface area contributed by atoms with Crippen molar-refractivity contribution in [2.24, 2.45) is 5.92 Å². The number of carbonyl (C=O) groups is 1. The summed E-state index contributed by atoms with van der Waals surface area (Å²) in [6, 6.07) is 10.4. The third-order valence-corrected chi connectivity index (χ3v) is 5.79. The average Bonchev–Trinajstić information content (AvgIpc) is 3.16. The van der Waals surface area contributed by atoms with Crippen LogP contribution in [0.1, 0.15) is 18.4 Å². The second-order valence-electron chi connectivity index (χ2n) is 6.57. The predicted molar refractivity (Wildman–Crippen MR) is 103 cm³/mol. The number of benzene rings is 1. The molecule has 0 saturated carbocycles. The summed E-state index contributed by atoms with van der Waals surface area (Å²) in [6.07, 6.45) is 3.49. The molecule has 2 aromatic heterocycles. The number of hydrogen-bond donors (Lipinski definition) is 1. The highest BCUT2D eigenvalue weighted by atomic mass is 32.1. The number of rotatable bonds is 4. The molecule has 3 aromatic rings. The fourth-order valence-corrected chi connectivity index (χ4v) is 4.20. The summed E-state index contributed by atoms with van der Waals surface area (Å²) < 4.78 is 14.2. The van der Waals surface area contributed by atoms with Crippen LogP contribution in [-0.2, 0) is 11.3 Å². The van der Waals surface area contributed by atoms with E-state index in [1.807, 2.05) is 12.3 Å². The van der Waals surface area contributed by atoms with Crippen molar-refractivity contribution in [3.8, 4) is 0 Å². The first kappa shape index (κ1) is 17.0. The van der Waals surface area contributed by atoms with E-state index in [2.05, 4.69) is 26.6 Å². The second kappa shape index (κ2) is 7.41. The number of nitrogens with one attached hydrogen (secondary N) is 1. The lowest BCUT2D eigenvalue weighted by atomic mass is 9.95. The molecule has 0 aliphatic carbocycles. The van der Waals surface area contributed by atoms with Crippen LogP contribution in [0.25, 0.3) is 10.1 Å². The number of halogens is 1. The molecule has 0 unspecified atom stereocenters. The third-order valence-electron chi connectivity index (χ3n) is 4.90. The molecule has 4 nitrogen and oxygen atoms in total. The van der Waals surface area contributed by atoms with Crippen LogP contribution in [0, 0.1) is 11.7 Å². The molecule has 4 rings (SSSR count). The summed E-state index contributed by atoms with van der Waals surface area (Å²) in [5.74, 6) is 0.861. The molecule has 3 heterocycles. The number of aromatic nitrogens is 1. The summed E-state index contributed by atoms with van der Waals surface area (Å²) in [5.41, 5.74) is 0.908. The summed E-state index contributed by atoms with van der Waals surface area (Å²) in [7, 11) is 0. The molecule has 0 bridgehead atoms. The molecule has 1 saturated heterocycles. The molecular formula is C20H20FN3OS. The lowest BCUT2D eigenvalue weighted by molar-refractivity contribution is -0.125. The van der Waals surface area contributed by atoms with Gasteiger partial charge in [-0.05, 0) is 48.1 Å². The van der Waals surface area contributed by atoms with E-state index in [0.717, 1.165) is 37.3 Å². The fourth-order valence-electron chi connectivity index (χ4n) is 3.42. The Morgan fingerprint density at radius 1 is 1.19 bits per heavy atom. The minimum atomic E-state index is -0.262. The Kier molecular flexibility index (Phi) is 4.84. The van der Waals surface area contributed by atoms with Gasteiger partial charge in [0.1, 0.15) is 11.6 Å². The first-order valence-corrected chi connectivity index (χ1v) is 9.68. The largest absolute Gasteiger partial charge is 0.356 e. The molecule has 1 aliphatic rings. The van der Waals surface area contributed by atoms with Gasteiger partial charge in [0.05, 0.1) is 0 Å². The Hall–Kier alpha value is -2.47. The van der Waals surface area contributed by atoms with Crippen molar-refractivity contribution in [1.29, 1.82) is 0 Å². The molecule has 1 aliphatic heterocycles. The summed E-state index contributed by atoms with van der Waals surface area (Å²) >= 11 is 1.72. The summed E-state index contributed by atoms with van der Waals surface area (Å²) in [4.78, 5) is 19.3. The Morgan fingerprint density at radius 2 is 1.96 bits per heavy atom. The first-order chi connectivity index (χ1) is 12.7. The van der Waals surface area contributed by atoms with Gasteiger partial charge >= 0.3 is 0 Å². The molecule has 0 spiro atoms. The minimum absolute atomic E-state index is 0.0216. The van der Waals surface area contributed by atoms with E-state index in [4.69, 9.17) is 0 Å². The Bertz CT molecular complexity index is 901. The molecule has 1 aromatic carbocycles. The summed E-state index contributed by atoms with van der Waals surface area (Å²) in [5, 5.41) is 6.25. The SMILES string of the molecule is O=C(NCc1ccc(F)cc1)C1CCN(c2nccc3sccc23)CC1. The normalized spacial score (nSPS) is 15.3. The van der Waals surface area contributed by atoms with Crippen LogP contribution < -0.4 is 10.2 Å². The number of anilines is 1. The number of fused-ring (bicyclic) bond motifs is 1. The van der Waals surface area contributed by atoms with Gasteiger partial charge < -0.3 is 10.2 Å². The van der Waals surface area contributed by atoms with Crippen molar-refractivity contribution in [1.82, 2.24) is 10.3 Å². The number of nitrogens with zero attached hydrogens (tertiary/aromatic N) is 2. The van der Waals surface area contributed by atoms with Crippen molar-refractivity contribution < 1.29 is 9.18 Å². The third kappa shape index (κ3) is 3.55. The van der Waals surface area contributed by atoms with Gasteiger partial charge in [0.15, 0.2) is 0 Å². The lowest BCUT2D eigenvalue weighted by Crippen LogP contribution is -2.40. The Labute approximate surface area is 155 Å². The minimum Gasteiger partial charge on any atom is -0.356 e. The van der Waals surface area contributed by atoms with Gasteiger partial charge in [0, 0.05) is 41.8 Å². The zero-order valence-corrected chi connectivity index (χ0v) is 15.1. The quantitative estimate of drug-likeness (QED) is 0.757. The molecule has 1 fully saturated rings. The standard InChI is InChI=1S/C20H20FN3OS/c21-16-3-1-14(2-4-16)13-23-20(25)15-6-10-24(11-7-15)19-17-8-12-26-18(17)5-9-22-19/h1-5,8-9,12,15H,6-7,10-11,13H2,(H,23,25). The van der Waals surface area contributed by atoms with Crippen molar-refractivity contribution in [2.45, 2.75) is 19.4 Å². The number of amides is 1. The smallest absolute Gasteiger partial charge is 0.223 e. The van der Waals surface area contributed by atoms with Crippen molar-refractivity contribution in [2.75, 3.05) is 18.0 Å². The van der Waals surface area contributed by atoms with Crippen LogP contribution in [0.2, 0.25) is 0 Å². The van der Waals surface area contributed by atoms with Crippen LogP contribution in [0.3, 0.4) is 0 Å². The van der Waals surface area contributed by atoms with Crippen LogP contribution in [0.5, 0.6) is 0 Å². The summed E-state index contributed by atoms with van der Waals surface area (Å²) in [6.45, 7) is 2.10. The molecule has 134 valence electrons. The van der Waals surface area contributed by atoms with E-state index in [0.29, 0.717) is 6.54 Å². The molecular weight excluding hydrogens is 349 g/mol. The lowest BCUT2D eigenvalue weighted by Gasteiger charge is -2.32. The highest BCUT2D eigenvalue weighted by Gasteiger charge is 2.26. The van der Waals surface area contributed by atoms with Gasteiger partial charge in [-0.3, -0.25) is 4.79 Å². The van der Waals surface area contributed by atoms with E-state index in [1.54, 1.807) is 23.5 Å². The van der Waals surface area contributed by atoms with Crippen molar-refractivity contribution in [3.63, 3.8) is 0 Å². The number of carbonyl (C=O) groups excluding carboxylic acids is 1. The molecule has 1 N–H and O–H groups in total. The highest BCUT2D eigenvalue weighted by molar-refractivity contribution is 7.17. The maximum atomic E-state index is 12.9. The van der Waals surface area contributed by atoms with E-state index >= 15 is 0 Å². The van der Waals surface area contributed by atoms with Crippen LogP contribution in [0.4, 0.5) is 10.2 Å². The maximum Gasteiger partial charge on any atom is 0.223 e. The molecule has 6 heteroatoms. The zero-order chi connectivity index (χ0) is 17.9. The van der Waals surface area contributed by atoms with Gasteiger partial charge in [-0.2, -0.15) is 0 Å². The first-order valence-electron chi connectivity index (χ1n) is 8.80.